The summed E-state index contributed by atoms with van der Waals surface area (Å²) in [5.41, 5.74) is 3.39. The minimum Gasteiger partial charge on any atom is -0.357 e. The molecule has 0 unspecified atom stereocenters. The molecule has 0 amide bonds. The van der Waals surface area contributed by atoms with Crippen LogP contribution >= 0.6 is 35.3 Å². The highest BCUT2D eigenvalue weighted by Gasteiger charge is 2.09. The number of guanidine groups is 1. The molecule has 0 aliphatic carbocycles. The molecule has 8 heteroatoms. The maximum absolute atomic E-state index is 4.68. The number of aryl methyl sites for hydroxylation is 3. The number of nitrogens with zero attached hydrogens (tertiary/aromatic N) is 4. The highest BCUT2D eigenvalue weighted by atomic mass is 127. The van der Waals surface area contributed by atoms with Crippen molar-refractivity contribution in [3.63, 3.8) is 0 Å². The van der Waals surface area contributed by atoms with Crippen molar-refractivity contribution in [3.8, 4) is 0 Å². The fraction of sp³-hybridized carbons (Fsp3) is 0.562. The van der Waals surface area contributed by atoms with E-state index >= 15 is 0 Å². The van der Waals surface area contributed by atoms with Gasteiger partial charge in [0.25, 0.3) is 0 Å². The fourth-order valence-electron chi connectivity index (χ4n) is 2.30. The second-order valence-electron chi connectivity index (χ2n) is 5.40. The number of aliphatic imine (C=N–C) groups is 1. The van der Waals surface area contributed by atoms with E-state index in [2.05, 4.69) is 46.5 Å². The lowest BCUT2D eigenvalue weighted by molar-refractivity contribution is 0.730. The monoisotopic (exact) mass is 462 g/mol. The first-order valence-corrected chi connectivity index (χ1v) is 8.81. The summed E-state index contributed by atoms with van der Waals surface area (Å²) >= 11 is 1.75. The average molecular weight is 462 g/mol. The topological polar surface area (TPSA) is 67.1 Å². The summed E-state index contributed by atoms with van der Waals surface area (Å²) in [6.45, 7) is 10.5. The Morgan fingerprint density at radius 2 is 2.04 bits per heavy atom. The molecule has 2 heterocycles. The van der Waals surface area contributed by atoms with E-state index in [0.29, 0.717) is 13.1 Å². The van der Waals surface area contributed by atoms with Crippen LogP contribution in [0.2, 0.25) is 0 Å². The Balaban J connectivity index is 0.00000288. The van der Waals surface area contributed by atoms with Crippen LogP contribution in [0.25, 0.3) is 0 Å². The number of hydrogen-bond donors (Lipinski definition) is 2. The van der Waals surface area contributed by atoms with Crippen molar-refractivity contribution in [1.29, 1.82) is 0 Å². The van der Waals surface area contributed by atoms with Gasteiger partial charge in [-0.1, -0.05) is 6.92 Å². The van der Waals surface area contributed by atoms with Crippen molar-refractivity contribution < 1.29 is 0 Å². The molecule has 2 rings (SSSR count). The zero-order chi connectivity index (χ0) is 16.8. The van der Waals surface area contributed by atoms with E-state index < -0.39 is 0 Å². The lowest BCUT2D eigenvalue weighted by atomic mass is 10.2. The van der Waals surface area contributed by atoms with Crippen molar-refractivity contribution in [1.82, 2.24) is 25.4 Å². The minimum atomic E-state index is 0. The Morgan fingerprint density at radius 1 is 1.29 bits per heavy atom. The van der Waals surface area contributed by atoms with Gasteiger partial charge in [0.05, 0.1) is 18.8 Å². The van der Waals surface area contributed by atoms with Crippen LogP contribution < -0.4 is 10.6 Å². The summed E-state index contributed by atoms with van der Waals surface area (Å²) in [5, 5.41) is 12.2. The van der Waals surface area contributed by atoms with Crippen LogP contribution in [-0.2, 0) is 26.6 Å². The molecule has 0 bridgehead atoms. The first-order chi connectivity index (χ1) is 11.0. The molecule has 2 aromatic heterocycles. The van der Waals surface area contributed by atoms with Crippen molar-refractivity contribution in [2.75, 3.05) is 6.54 Å². The van der Waals surface area contributed by atoms with Crippen LogP contribution in [0, 0.1) is 13.8 Å². The molecule has 134 valence electrons. The molecule has 2 aromatic rings. The SMILES string of the molecule is CCNC(=NCc1c(C)nn(C)c1C)NCc1ncc(CC)s1.I. The number of thiazole rings is 1. The van der Waals surface area contributed by atoms with Crippen LogP contribution in [0.15, 0.2) is 11.2 Å². The summed E-state index contributed by atoms with van der Waals surface area (Å²) in [6.07, 6.45) is 2.99. The Labute approximate surface area is 165 Å². The van der Waals surface area contributed by atoms with Gasteiger partial charge in [0, 0.05) is 35.9 Å². The quantitative estimate of drug-likeness (QED) is 0.394. The molecule has 0 atom stereocenters. The molecule has 0 aliphatic rings. The summed E-state index contributed by atoms with van der Waals surface area (Å²) in [6, 6.07) is 0. The Bertz CT molecular complexity index is 676. The molecule has 0 spiro atoms. The number of nitrogens with one attached hydrogen (secondary N) is 2. The number of halogens is 1. The molecule has 0 fully saturated rings. The van der Waals surface area contributed by atoms with E-state index in [1.165, 1.54) is 10.4 Å². The molecule has 0 radical (unpaired) electrons. The molecule has 24 heavy (non-hydrogen) atoms. The predicted molar refractivity (Wildman–Crippen MR) is 111 cm³/mol. The number of aromatic nitrogens is 3. The van der Waals surface area contributed by atoms with Gasteiger partial charge in [-0.05, 0) is 27.2 Å². The number of rotatable bonds is 6. The van der Waals surface area contributed by atoms with E-state index in [1.807, 2.05) is 24.9 Å². The summed E-state index contributed by atoms with van der Waals surface area (Å²) < 4.78 is 1.91. The van der Waals surface area contributed by atoms with Gasteiger partial charge in [-0.3, -0.25) is 4.68 Å². The largest absolute Gasteiger partial charge is 0.357 e. The standard InChI is InChI=1S/C16H26N6S.HI/c1-6-13-8-18-15(23-13)10-20-16(17-7-2)19-9-14-11(3)21-22(5)12(14)4;/h8H,6-7,9-10H2,1-5H3,(H2,17,19,20);1H. The minimum absolute atomic E-state index is 0. The summed E-state index contributed by atoms with van der Waals surface area (Å²) in [4.78, 5) is 10.4. The van der Waals surface area contributed by atoms with Crippen LogP contribution in [0.4, 0.5) is 0 Å². The molecule has 0 aliphatic heterocycles. The fourth-order valence-corrected chi connectivity index (χ4v) is 3.10. The first-order valence-electron chi connectivity index (χ1n) is 7.99. The van der Waals surface area contributed by atoms with Gasteiger partial charge in [0.1, 0.15) is 5.01 Å². The molecular weight excluding hydrogens is 435 g/mol. The second kappa shape index (κ2) is 9.97. The molecular formula is C16H27IN6S. The molecule has 0 saturated carbocycles. The zero-order valence-electron chi connectivity index (χ0n) is 15.0. The Morgan fingerprint density at radius 3 is 2.58 bits per heavy atom. The average Bonchev–Trinajstić information content (AvgIpc) is 3.08. The van der Waals surface area contributed by atoms with Gasteiger partial charge < -0.3 is 10.6 Å². The van der Waals surface area contributed by atoms with E-state index in [9.17, 15) is 0 Å². The van der Waals surface area contributed by atoms with Gasteiger partial charge in [0.15, 0.2) is 5.96 Å². The van der Waals surface area contributed by atoms with Crippen molar-refractivity contribution in [3.05, 3.63) is 33.0 Å². The first kappa shape index (κ1) is 20.9. The predicted octanol–water partition coefficient (Wildman–Crippen LogP) is 2.93. The van der Waals surface area contributed by atoms with E-state index in [0.717, 1.165) is 35.3 Å². The second-order valence-corrected chi connectivity index (χ2v) is 6.60. The Kier molecular flexibility index (Phi) is 8.68. The van der Waals surface area contributed by atoms with Crippen LogP contribution in [0.3, 0.4) is 0 Å². The van der Waals surface area contributed by atoms with E-state index in [1.54, 1.807) is 11.3 Å². The van der Waals surface area contributed by atoms with Crippen LogP contribution in [-0.4, -0.2) is 27.3 Å². The molecule has 0 saturated heterocycles. The smallest absolute Gasteiger partial charge is 0.191 e. The summed E-state index contributed by atoms with van der Waals surface area (Å²) in [7, 11) is 1.97. The van der Waals surface area contributed by atoms with E-state index in [-0.39, 0.29) is 24.0 Å². The van der Waals surface area contributed by atoms with E-state index in [4.69, 9.17) is 0 Å². The molecule has 0 aromatic carbocycles. The molecule has 2 N–H and O–H groups in total. The third-order valence-corrected chi connectivity index (χ3v) is 4.90. The van der Waals surface area contributed by atoms with Gasteiger partial charge in [-0.25, -0.2) is 9.98 Å². The zero-order valence-corrected chi connectivity index (χ0v) is 18.2. The van der Waals surface area contributed by atoms with Gasteiger partial charge in [-0.2, -0.15) is 5.10 Å². The van der Waals surface area contributed by atoms with Crippen molar-refractivity contribution in [2.24, 2.45) is 12.0 Å². The van der Waals surface area contributed by atoms with Crippen molar-refractivity contribution >= 4 is 41.3 Å². The molecule has 6 nitrogen and oxygen atoms in total. The third-order valence-electron chi connectivity index (χ3n) is 3.76. The maximum Gasteiger partial charge on any atom is 0.191 e. The summed E-state index contributed by atoms with van der Waals surface area (Å²) in [5.74, 6) is 0.809. The van der Waals surface area contributed by atoms with Crippen LogP contribution in [0.1, 0.15) is 40.7 Å². The van der Waals surface area contributed by atoms with Gasteiger partial charge >= 0.3 is 0 Å². The van der Waals surface area contributed by atoms with Gasteiger partial charge in [0.2, 0.25) is 0 Å². The number of hydrogen-bond acceptors (Lipinski definition) is 4. The Hall–Kier alpha value is -1.16. The lowest BCUT2D eigenvalue weighted by Gasteiger charge is -2.10. The normalized spacial score (nSPS) is 11.3. The van der Waals surface area contributed by atoms with Crippen molar-refractivity contribution in [2.45, 2.75) is 47.2 Å². The highest BCUT2D eigenvalue weighted by molar-refractivity contribution is 14.0. The van der Waals surface area contributed by atoms with Gasteiger partial charge in [-0.15, -0.1) is 35.3 Å². The maximum atomic E-state index is 4.68. The lowest BCUT2D eigenvalue weighted by Crippen LogP contribution is -2.36. The third kappa shape index (κ3) is 5.44. The highest BCUT2D eigenvalue weighted by Crippen LogP contribution is 2.14. The van der Waals surface area contributed by atoms with Crippen LogP contribution in [0.5, 0.6) is 0 Å².